The fourth-order valence-corrected chi connectivity index (χ4v) is 2.54. The molecule has 0 bridgehead atoms. The van der Waals surface area contributed by atoms with Gasteiger partial charge in [-0.05, 0) is 44.0 Å². The molecule has 0 radical (unpaired) electrons. The number of para-hydroxylation sites is 1. The monoisotopic (exact) mass is 276 g/mol. The van der Waals surface area contributed by atoms with Gasteiger partial charge in [0.25, 0.3) is 0 Å². The Hall–Kier alpha value is -1.55. The Labute approximate surface area is 121 Å². The molecule has 1 saturated heterocycles. The first kappa shape index (κ1) is 14.9. The summed E-state index contributed by atoms with van der Waals surface area (Å²) < 4.78 is 5.19. The Morgan fingerprint density at radius 3 is 2.65 bits per heavy atom. The molecule has 1 aliphatic rings. The SMILES string of the molecule is CC(CNC(=O)Oc1ccccc1)CN1CCCCC1. The van der Waals surface area contributed by atoms with Crippen LogP contribution in [0.2, 0.25) is 0 Å². The van der Waals surface area contributed by atoms with E-state index in [9.17, 15) is 4.79 Å². The number of nitrogens with one attached hydrogen (secondary N) is 1. The predicted molar refractivity (Wildman–Crippen MR) is 79.9 cm³/mol. The average Bonchev–Trinajstić information content (AvgIpc) is 2.47. The molecule has 1 atom stereocenters. The molecule has 0 spiro atoms. The molecule has 1 heterocycles. The molecule has 4 heteroatoms. The van der Waals surface area contributed by atoms with Crippen LogP contribution in [0.1, 0.15) is 26.2 Å². The topological polar surface area (TPSA) is 41.6 Å². The minimum absolute atomic E-state index is 0.373. The van der Waals surface area contributed by atoms with Crippen LogP contribution in [0.3, 0.4) is 0 Å². The molecule has 0 aliphatic carbocycles. The van der Waals surface area contributed by atoms with Crippen molar-refractivity contribution in [1.82, 2.24) is 10.2 Å². The van der Waals surface area contributed by atoms with Crippen LogP contribution in [-0.4, -0.2) is 37.2 Å². The number of ether oxygens (including phenoxy) is 1. The first-order valence-electron chi connectivity index (χ1n) is 7.47. The standard InChI is InChI=1S/C16H24N2O2/c1-14(13-18-10-6-3-7-11-18)12-17-16(19)20-15-8-4-2-5-9-15/h2,4-5,8-9,14H,3,6-7,10-13H2,1H3,(H,17,19). The van der Waals surface area contributed by atoms with Crippen LogP contribution in [0.25, 0.3) is 0 Å². The van der Waals surface area contributed by atoms with Gasteiger partial charge in [-0.3, -0.25) is 0 Å². The van der Waals surface area contributed by atoms with Crippen molar-refractivity contribution in [3.05, 3.63) is 30.3 Å². The molecule has 1 amide bonds. The van der Waals surface area contributed by atoms with Crippen LogP contribution >= 0.6 is 0 Å². The van der Waals surface area contributed by atoms with Crippen molar-refractivity contribution < 1.29 is 9.53 Å². The van der Waals surface area contributed by atoms with Gasteiger partial charge in [0.15, 0.2) is 0 Å². The fraction of sp³-hybridized carbons (Fsp3) is 0.562. The first-order valence-corrected chi connectivity index (χ1v) is 7.47. The molecule has 4 nitrogen and oxygen atoms in total. The Morgan fingerprint density at radius 2 is 1.95 bits per heavy atom. The lowest BCUT2D eigenvalue weighted by Crippen LogP contribution is -2.38. The summed E-state index contributed by atoms with van der Waals surface area (Å²) in [6.45, 7) is 6.25. The highest BCUT2D eigenvalue weighted by Gasteiger charge is 2.14. The van der Waals surface area contributed by atoms with Gasteiger partial charge in [0.05, 0.1) is 0 Å². The third kappa shape index (κ3) is 5.21. The normalized spacial score (nSPS) is 17.4. The Kier molecular flexibility index (Phi) is 5.87. The van der Waals surface area contributed by atoms with Crippen molar-refractivity contribution in [2.75, 3.05) is 26.2 Å². The Morgan fingerprint density at radius 1 is 1.25 bits per heavy atom. The lowest BCUT2D eigenvalue weighted by Gasteiger charge is -2.29. The highest BCUT2D eigenvalue weighted by molar-refractivity contribution is 5.70. The molecule has 1 N–H and O–H groups in total. The number of nitrogens with zero attached hydrogens (tertiary/aromatic N) is 1. The molecular formula is C16H24N2O2. The van der Waals surface area contributed by atoms with Crippen LogP contribution in [0.4, 0.5) is 4.79 Å². The van der Waals surface area contributed by atoms with Gasteiger partial charge in [0.1, 0.15) is 5.75 Å². The second-order valence-corrected chi connectivity index (χ2v) is 5.55. The molecule has 20 heavy (non-hydrogen) atoms. The van der Waals surface area contributed by atoms with Crippen LogP contribution in [0.5, 0.6) is 5.75 Å². The fourth-order valence-electron chi connectivity index (χ4n) is 2.54. The zero-order valence-electron chi connectivity index (χ0n) is 12.2. The highest BCUT2D eigenvalue weighted by atomic mass is 16.6. The minimum atomic E-state index is -0.373. The maximum Gasteiger partial charge on any atom is 0.412 e. The highest BCUT2D eigenvalue weighted by Crippen LogP contribution is 2.11. The summed E-state index contributed by atoms with van der Waals surface area (Å²) in [5.74, 6) is 1.02. The zero-order chi connectivity index (χ0) is 14.2. The van der Waals surface area contributed by atoms with Crippen molar-refractivity contribution >= 4 is 6.09 Å². The second-order valence-electron chi connectivity index (χ2n) is 5.55. The number of amides is 1. The second kappa shape index (κ2) is 7.90. The third-order valence-corrected chi connectivity index (χ3v) is 3.57. The Bertz CT molecular complexity index is 402. The predicted octanol–water partition coefficient (Wildman–Crippen LogP) is 2.90. The van der Waals surface area contributed by atoms with E-state index in [4.69, 9.17) is 4.74 Å². The maximum absolute atomic E-state index is 11.7. The molecule has 1 aliphatic heterocycles. The van der Waals surface area contributed by atoms with Crippen LogP contribution in [-0.2, 0) is 0 Å². The van der Waals surface area contributed by atoms with E-state index >= 15 is 0 Å². The van der Waals surface area contributed by atoms with E-state index in [1.54, 1.807) is 12.1 Å². The van der Waals surface area contributed by atoms with Crippen molar-refractivity contribution in [3.8, 4) is 5.75 Å². The van der Waals surface area contributed by atoms with E-state index in [1.165, 1.54) is 32.4 Å². The van der Waals surface area contributed by atoms with E-state index in [2.05, 4.69) is 17.1 Å². The van der Waals surface area contributed by atoms with Gasteiger partial charge in [-0.1, -0.05) is 31.5 Å². The van der Waals surface area contributed by atoms with E-state index in [1.807, 2.05) is 18.2 Å². The molecular weight excluding hydrogens is 252 g/mol. The average molecular weight is 276 g/mol. The zero-order valence-corrected chi connectivity index (χ0v) is 12.2. The van der Waals surface area contributed by atoms with Crippen molar-refractivity contribution in [2.24, 2.45) is 5.92 Å². The summed E-state index contributed by atoms with van der Waals surface area (Å²) in [7, 11) is 0. The molecule has 110 valence electrons. The van der Waals surface area contributed by atoms with Crippen LogP contribution in [0, 0.1) is 5.92 Å². The molecule has 1 fully saturated rings. The maximum atomic E-state index is 11.7. The molecule has 1 aromatic rings. The Balaban J connectivity index is 1.64. The lowest BCUT2D eigenvalue weighted by molar-refractivity contribution is 0.185. The van der Waals surface area contributed by atoms with Gasteiger partial charge in [0, 0.05) is 13.1 Å². The van der Waals surface area contributed by atoms with E-state index in [-0.39, 0.29) is 6.09 Å². The summed E-state index contributed by atoms with van der Waals surface area (Å²) >= 11 is 0. The molecule has 0 saturated carbocycles. The largest absolute Gasteiger partial charge is 0.412 e. The summed E-state index contributed by atoms with van der Waals surface area (Å²) in [5.41, 5.74) is 0. The molecule has 0 aromatic heterocycles. The van der Waals surface area contributed by atoms with Crippen molar-refractivity contribution in [2.45, 2.75) is 26.2 Å². The summed E-state index contributed by atoms with van der Waals surface area (Å²) in [5, 5.41) is 2.83. The number of hydrogen-bond acceptors (Lipinski definition) is 3. The minimum Gasteiger partial charge on any atom is -0.410 e. The quantitative estimate of drug-likeness (QED) is 0.899. The van der Waals surface area contributed by atoms with E-state index in [0.717, 1.165) is 6.54 Å². The van der Waals surface area contributed by atoms with Crippen molar-refractivity contribution in [3.63, 3.8) is 0 Å². The van der Waals surface area contributed by atoms with Gasteiger partial charge < -0.3 is 15.0 Å². The van der Waals surface area contributed by atoms with Crippen LogP contribution in [0.15, 0.2) is 30.3 Å². The number of likely N-dealkylation sites (tertiary alicyclic amines) is 1. The van der Waals surface area contributed by atoms with Crippen LogP contribution < -0.4 is 10.1 Å². The summed E-state index contributed by atoms with van der Waals surface area (Å²) in [6, 6.07) is 9.14. The smallest absolute Gasteiger partial charge is 0.410 e. The van der Waals surface area contributed by atoms with Gasteiger partial charge >= 0.3 is 6.09 Å². The van der Waals surface area contributed by atoms with Gasteiger partial charge in [-0.25, -0.2) is 4.79 Å². The molecule has 2 rings (SSSR count). The first-order chi connectivity index (χ1) is 9.74. The van der Waals surface area contributed by atoms with E-state index in [0.29, 0.717) is 18.2 Å². The van der Waals surface area contributed by atoms with E-state index < -0.39 is 0 Å². The number of benzene rings is 1. The number of rotatable bonds is 5. The summed E-state index contributed by atoms with van der Waals surface area (Å²) in [6.07, 6.45) is 3.58. The van der Waals surface area contributed by atoms with Crippen molar-refractivity contribution in [1.29, 1.82) is 0 Å². The molecule has 1 aromatic carbocycles. The molecule has 1 unspecified atom stereocenters. The van der Waals surface area contributed by atoms with Gasteiger partial charge in [0.2, 0.25) is 0 Å². The van der Waals surface area contributed by atoms with Gasteiger partial charge in [-0.15, -0.1) is 0 Å². The number of hydrogen-bond donors (Lipinski definition) is 1. The summed E-state index contributed by atoms with van der Waals surface area (Å²) in [4.78, 5) is 14.1. The number of piperidine rings is 1. The number of carbonyl (C=O) groups is 1. The van der Waals surface area contributed by atoms with Gasteiger partial charge in [-0.2, -0.15) is 0 Å². The third-order valence-electron chi connectivity index (χ3n) is 3.57. The lowest BCUT2D eigenvalue weighted by atomic mass is 10.1. The number of carbonyl (C=O) groups excluding carboxylic acids is 1.